The molecule has 6 heteroatoms. The fourth-order valence-electron chi connectivity index (χ4n) is 2.87. The van der Waals surface area contributed by atoms with Gasteiger partial charge in [-0.3, -0.25) is 9.79 Å². The molecule has 0 spiro atoms. The van der Waals surface area contributed by atoms with Crippen LogP contribution in [0.15, 0.2) is 33.7 Å². The molecular formula is C19H29BrN4O. The Kier molecular flexibility index (Phi) is 6.49. The van der Waals surface area contributed by atoms with Crippen molar-refractivity contribution in [2.24, 2.45) is 10.4 Å². The van der Waals surface area contributed by atoms with Crippen LogP contribution in [0, 0.1) is 5.41 Å². The summed E-state index contributed by atoms with van der Waals surface area (Å²) < 4.78 is 1.16. The van der Waals surface area contributed by atoms with Crippen molar-refractivity contribution in [1.82, 2.24) is 16.0 Å². The molecule has 1 amide bonds. The van der Waals surface area contributed by atoms with E-state index in [4.69, 9.17) is 0 Å². The predicted molar refractivity (Wildman–Crippen MR) is 107 cm³/mol. The smallest absolute Gasteiger partial charge is 0.227 e. The summed E-state index contributed by atoms with van der Waals surface area (Å²) in [7, 11) is 1.66. The number of amides is 1. The number of guanidine groups is 1. The van der Waals surface area contributed by atoms with Gasteiger partial charge in [-0.25, -0.2) is 0 Å². The molecule has 25 heavy (non-hydrogen) atoms. The number of hydrogen-bond acceptors (Lipinski definition) is 2. The molecule has 1 aromatic carbocycles. The van der Waals surface area contributed by atoms with Gasteiger partial charge in [0.15, 0.2) is 5.96 Å². The molecule has 1 aliphatic carbocycles. The molecule has 1 aromatic rings. The summed E-state index contributed by atoms with van der Waals surface area (Å²) in [6, 6.07) is 8.42. The normalized spacial score (nSPS) is 16.3. The number of rotatable bonds is 7. The number of hydrogen-bond donors (Lipinski definition) is 3. The van der Waals surface area contributed by atoms with Gasteiger partial charge in [0.25, 0.3) is 0 Å². The van der Waals surface area contributed by atoms with Crippen molar-refractivity contribution in [2.45, 2.75) is 39.0 Å². The van der Waals surface area contributed by atoms with E-state index in [9.17, 15) is 4.79 Å². The lowest BCUT2D eigenvalue weighted by Crippen LogP contribution is -2.43. The minimum Gasteiger partial charge on any atom is -0.359 e. The van der Waals surface area contributed by atoms with Crippen LogP contribution in [-0.2, 0) is 10.2 Å². The predicted octanol–water partition coefficient (Wildman–Crippen LogP) is 2.81. The highest BCUT2D eigenvalue weighted by atomic mass is 79.9. The van der Waals surface area contributed by atoms with Gasteiger partial charge in [-0.1, -0.05) is 34.1 Å². The number of halogens is 1. The lowest BCUT2D eigenvalue weighted by Gasteiger charge is -2.23. The Labute approximate surface area is 159 Å². The number of nitrogens with one attached hydrogen (secondary N) is 3. The number of carbonyl (C=O) groups is 1. The van der Waals surface area contributed by atoms with Gasteiger partial charge in [0.1, 0.15) is 0 Å². The molecule has 3 N–H and O–H groups in total. The summed E-state index contributed by atoms with van der Waals surface area (Å²) in [5.74, 6) is 0.761. The van der Waals surface area contributed by atoms with Crippen molar-refractivity contribution < 1.29 is 4.79 Å². The summed E-state index contributed by atoms with van der Waals surface area (Å²) in [6.45, 7) is 7.91. The fourth-order valence-corrected chi connectivity index (χ4v) is 3.57. The standard InChI is InChI=1S/C19H29BrN4O/c1-5-22-17(23-12-18(2,3)16(25)21-4)24-13-19(10-11-19)14-8-6-7-9-15(14)20/h6-9H,5,10-13H2,1-4H3,(H,21,25)(H2,22,23,24). The monoisotopic (exact) mass is 408 g/mol. The van der Waals surface area contributed by atoms with E-state index in [-0.39, 0.29) is 11.3 Å². The van der Waals surface area contributed by atoms with Crippen molar-refractivity contribution in [3.8, 4) is 0 Å². The van der Waals surface area contributed by atoms with E-state index >= 15 is 0 Å². The van der Waals surface area contributed by atoms with E-state index in [1.807, 2.05) is 26.8 Å². The molecule has 1 fully saturated rings. The first-order chi connectivity index (χ1) is 11.8. The van der Waals surface area contributed by atoms with Gasteiger partial charge >= 0.3 is 0 Å². The van der Waals surface area contributed by atoms with Gasteiger partial charge in [0, 0.05) is 30.0 Å². The molecule has 0 heterocycles. The Balaban J connectivity index is 2.04. The van der Waals surface area contributed by atoms with E-state index in [0.717, 1.165) is 23.5 Å². The van der Waals surface area contributed by atoms with E-state index < -0.39 is 5.41 Å². The molecule has 5 nitrogen and oxygen atoms in total. The van der Waals surface area contributed by atoms with Gasteiger partial charge in [-0.2, -0.15) is 0 Å². The largest absolute Gasteiger partial charge is 0.359 e. The Hall–Kier alpha value is -1.56. The topological polar surface area (TPSA) is 65.5 Å². The van der Waals surface area contributed by atoms with Gasteiger partial charge in [0.2, 0.25) is 5.91 Å². The van der Waals surface area contributed by atoms with E-state index in [2.05, 4.69) is 55.1 Å². The second-order valence-electron chi connectivity index (χ2n) is 7.27. The van der Waals surface area contributed by atoms with Crippen molar-refractivity contribution >= 4 is 27.8 Å². The average molecular weight is 409 g/mol. The zero-order valence-corrected chi connectivity index (χ0v) is 17.2. The molecule has 1 saturated carbocycles. The molecule has 0 aromatic heterocycles. The lowest BCUT2D eigenvalue weighted by molar-refractivity contribution is -0.128. The van der Waals surface area contributed by atoms with Gasteiger partial charge < -0.3 is 16.0 Å². The van der Waals surface area contributed by atoms with Crippen LogP contribution in [0.5, 0.6) is 0 Å². The molecule has 138 valence electrons. The van der Waals surface area contributed by atoms with Crippen LogP contribution in [0.25, 0.3) is 0 Å². The molecular weight excluding hydrogens is 380 g/mol. The second kappa shape index (κ2) is 8.21. The maximum atomic E-state index is 11.9. The SMILES string of the molecule is CCNC(=NCC(C)(C)C(=O)NC)NCC1(c2ccccc2Br)CC1. The highest BCUT2D eigenvalue weighted by Crippen LogP contribution is 2.49. The van der Waals surface area contributed by atoms with Crippen LogP contribution in [-0.4, -0.2) is 38.5 Å². The summed E-state index contributed by atoms with van der Waals surface area (Å²) in [5.41, 5.74) is 0.993. The Morgan fingerprint density at radius 2 is 1.96 bits per heavy atom. The Morgan fingerprint density at radius 3 is 2.52 bits per heavy atom. The molecule has 2 rings (SSSR count). The second-order valence-corrected chi connectivity index (χ2v) is 8.13. The molecule has 0 atom stereocenters. The van der Waals surface area contributed by atoms with Crippen LogP contribution in [0.2, 0.25) is 0 Å². The maximum Gasteiger partial charge on any atom is 0.227 e. The van der Waals surface area contributed by atoms with Crippen LogP contribution < -0.4 is 16.0 Å². The van der Waals surface area contributed by atoms with Gasteiger partial charge in [-0.15, -0.1) is 0 Å². The highest BCUT2D eigenvalue weighted by molar-refractivity contribution is 9.10. The van der Waals surface area contributed by atoms with Crippen molar-refractivity contribution in [3.05, 3.63) is 34.3 Å². The average Bonchev–Trinajstić information content (AvgIpc) is 3.38. The van der Waals surface area contributed by atoms with Crippen molar-refractivity contribution in [1.29, 1.82) is 0 Å². The highest BCUT2D eigenvalue weighted by Gasteiger charge is 2.45. The van der Waals surface area contributed by atoms with Crippen molar-refractivity contribution in [2.75, 3.05) is 26.7 Å². The molecule has 1 aliphatic rings. The zero-order valence-electron chi connectivity index (χ0n) is 15.6. The first-order valence-electron chi connectivity index (χ1n) is 8.84. The summed E-state index contributed by atoms with van der Waals surface area (Å²) >= 11 is 3.67. The van der Waals surface area contributed by atoms with E-state index in [1.54, 1.807) is 7.05 Å². The summed E-state index contributed by atoms with van der Waals surface area (Å²) in [6.07, 6.45) is 2.34. The third kappa shape index (κ3) is 4.97. The van der Waals surface area contributed by atoms with Crippen LogP contribution in [0.1, 0.15) is 39.2 Å². The number of nitrogens with zero attached hydrogens (tertiary/aromatic N) is 1. The molecule has 0 bridgehead atoms. The van der Waals surface area contributed by atoms with E-state index in [1.165, 1.54) is 18.4 Å². The summed E-state index contributed by atoms with van der Waals surface area (Å²) in [4.78, 5) is 16.6. The van der Waals surface area contributed by atoms with Gasteiger partial charge in [0.05, 0.1) is 12.0 Å². The number of aliphatic imine (C=N–C) groups is 1. The number of benzene rings is 1. The fraction of sp³-hybridized carbons (Fsp3) is 0.579. The Morgan fingerprint density at radius 1 is 1.28 bits per heavy atom. The first kappa shape index (κ1) is 19.8. The minimum atomic E-state index is -0.531. The van der Waals surface area contributed by atoms with Crippen LogP contribution >= 0.6 is 15.9 Å². The van der Waals surface area contributed by atoms with Crippen LogP contribution in [0.3, 0.4) is 0 Å². The van der Waals surface area contributed by atoms with Crippen molar-refractivity contribution in [3.63, 3.8) is 0 Å². The lowest BCUT2D eigenvalue weighted by atomic mass is 9.93. The summed E-state index contributed by atoms with van der Waals surface area (Å²) in [5, 5.41) is 9.44. The third-order valence-corrected chi connectivity index (χ3v) is 5.40. The maximum absolute atomic E-state index is 11.9. The van der Waals surface area contributed by atoms with Gasteiger partial charge in [-0.05, 0) is 45.2 Å². The number of carbonyl (C=O) groups excluding carboxylic acids is 1. The Bertz CT molecular complexity index is 638. The zero-order chi connectivity index (χ0) is 18.5. The van der Waals surface area contributed by atoms with Crippen LogP contribution in [0.4, 0.5) is 0 Å². The third-order valence-electron chi connectivity index (χ3n) is 4.71. The van der Waals surface area contributed by atoms with E-state index in [0.29, 0.717) is 6.54 Å². The first-order valence-corrected chi connectivity index (χ1v) is 9.63. The quantitative estimate of drug-likeness (QED) is 0.479. The molecule has 0 saturated heterocycles. The molecule has 0 radical (unpaired) electrons. The molecule has 0 aliphatic heterocycles. The molecule has 0 unspecified atom stereocenters. The minimum absolute atomic E-state index is 0.000946.